The number of amides is 1. The highest BCUT2D eigenvalue weighted by molar-refractivity contribution is 6.02. The highest BCUT2D eigenvalue weighted by Gasteiger charge is 2.18. The molecule has 27 heavy (non-hydrogen) atoms. The Morgan fingerprint density at radius 1 is 1.41 bits per heavy atom. The molecule has 1 fully saturated rings. The van der Waals surface area contributed by atoms with E-state index in [-0.39, 0.29) is 5.91 Å². The Kier molecular flexibility index (Phi) is 6.50. The molecule has 6 heteroatoms. The van der Waals surface area contributed by atoms with E-state index in [9.17, 15) is 4.79 Å². The van der Waals surface area contributed by atoms with Gasteiger partial charge >= 0.3 is 0 Å². The second kappa shape index (κ2) is 9.04. The summed E-state index contributed by atoms with van der Waals surface area (Å²) < 4.78 is 7.78. The zero-order chi connectivity index (χ0) is 19.2. The summed E-state index contributed by atoms with van der Waals surface area (Å²) in [6.45, 7) is 8.99. The maximum atomic E-state index is 12.6. The molecular weight excluding hydrogens is 340 g/mol. The van der Waals surface area contributed by atoms with E-state index in [0.717, 1.165) is 49.4 Å². The van der Waals surface area contributed by atoms with Crippen molar-refractivity contribution in [3.8, 4) is 5.75 Å². The number of nitrogens with one attached hydrogen (secondary N) is 2. The predicted molar refractivity (Wildman–Crippen MR) is 107 cm³/mol. The molecule has 1 aromatic carbocycles. The molecule has 1 unspecified atom stereocenters. The van der Waals surface area contributed by atoms with Crippen LogP contribution in [0.4, 0.5) is 5.69 Å². The van der Waals surface area contributed by atoms with Crippen molar-refractivity contribution in [1.29, 1.82) is 0 Å². The van der Waals surface area contributed by atoms with Crippen LogP contribution in [0.2, 0.25) is 0 Å². The Balaban J connectivity index is 1.62. The van der Waals surface area contributed by atoms with Gasteiger partial charge < -0.3 is 15.4 Å². The molecule has 3 rings (SSSR count). The first kappa shape index (κ1) is 19.4. The fraction of sp³-hybridized carbons (Fsp3) is 0.524. The fourth-order valence-electron chi connectivity index (χ4n) is 3.15. The minimum Gasteiger partial charge on any atom is -0.493 e. The second-order valence-corrected chi connectivity index (χ2v) is 7.65. The van der Waals surface area contributed by atoms with Gasteiger partial charge in [-0.05, 0) is 56.3 Å². The molecule has 6 nitrogen and oxygen atoms in total. The van der Waals surface area contributed by atoms with Crippen molar-refractivity contribution in [3.63, 3.8) is 0 Å². The molecule has 2 N–H and O–H groups in total. The lowest BCUT2D eigenvalue weighted by atomic mass is 10.1. The summed E-state index contributed by atoms with van der Waals surface area (Å²) in [4.78, 5) is 12.6. The Labute approximate surface area is 161 Å². The number of aromatic nitrogens is 2. The lowest BCUT2D eigenvalue weighted by molar-refractivity contribution is 0.102. The zero-order valence-electron chi connectivity index (χ0n) is 16.5. The Morgan fingerprint density at radius 3 is 3.00 bits per heavy atom. The Bertz CT molecular complexity index is 763. The number of rotatable bonds is 7. The van der Waals surface area contributed by atoms with Gasteiger partial charge in [-0.25, -0.2) is 0 Å². The summed E-state index contributed by atoms with van der Waals surface area (Å²) in [6.07, 6.45) is 5.12. The van der Waals surface area contributed by atoms with Crippen LogP contribution in [0, 0.1) is 12.8 Å². The molecule has 1 amide bonds. The summed E-state index contributed by atoms with van der Waals surface area (Å²) in [5.74, 6) is 1.21. The van der Waals surface area contributed by atoms with Crippen LogP contribution < -0.4 is 15.4 Å². The summed E-state index contributed by atoms with van der Waals surface area (Å²) in [7, 11) is 0. The Hall–Kier alpha value is -2.34. The van der Waals surface area contributed by atoms with Crippen molar-refractivity contribution in [1.82, 2.24) is 15.1 Å². The van der Waals surface area contributed by atoms with Gasteiger partial charge in [0.25, 0.3) is 5.91 Å². The van der Waals surface area contributed by atoms with Gasteiger partial charge in [-0.3, -0.25) is 9.48 Å². The van der Waals surface area contributed by atoms with Crippen molar-refractivity contribution in [3.05, 3.63) is 41.7 Å². The van der Waals surface area contributed by atoms with Crippen LogP contribution >= 0.6 is 0 Å². The van der Waals surface area contributed by atoms with E-state index in [4.69, 9.17) is 4.74 Å². The number of aryl methyl sites for hydroxylation is 1. The number of ether oxygens (including phenoxy) is 1. The smallest absolute Gasteiger partial charge is 0.276 e. The van der Waals surface area contributed by atoms with E-state index < -0.39 is 0 Å². The largest absolute Gasteiger partial charge is 0.493 e. The van der Waals surface area contributed by atoms with Gasteiger partial charge in [0.05, 0.1) is 12.6 Å². The molecule has 0 spiro atoms. The fourth-order valence-corrected chi connectivity index (χ4v) is 3.15. The molecule has 1 aliphatic heterocycles. The van der Waals surface area contributed by atoms with Crippen LogP contribution in [0.15, 0.2) is 30.5 Å². The first-order chi connectivity index (χ1) is 13.0. The summed E-state index contributed by atoms with van der Waals surface area (Å²) in [5, 5.41) is 10.8. The van der Waals surface area contributed by atoms with E-state index in [2.05, 4.69) is 29.6 Å². The quantitative estimate of drug-likeness (QED) is 0.778. The molecule has 0 saturated carbocycles. The summed E-state index contributed by atoms with van der Waals surface area (Å²) >= 11 is 0. The third kappa shape index (κ3) is 5.32. The zero-order valence-corrected chi connectivity index (χ0v) is 16.5. The molecule has 146 valence electrons. The number of hydrogen-bond acceptors (Lipinski definition) is 4. The topological polar surface area (TPSA) is 68.2 Å². The van der Waals surface area contributed by atoms with Gasteiger partial charge in [-0.2, -0.15) is 5.10 Å². The van der Waals surface area contributed by atoms with Crippen LogP contribution in [-0.2, 0) is 0 Å². The molecule has 1 atom stereocenters. The molecule has 0 aliphatic carbocycles. The third-order valence-corrected chi connectivity index (χ3v) is 4.88. The molecule has 2 heterocycles. The van der Waals surface area contributed by atoms with Crippen molar-refractivity contribution in [2.24, 2.45) is 5.92 Å². The van der Waals surface area contributed by atoms with Crippen molar-refractivity contribution < 1.29 is 9.53 Å². The van der Waals surface area contributed by atoms with Crippen LogP contribution in [-0.4, -0.2) is 35.4 Å². The first-order valence-corrected chi connectivity index (χ1v) is 9.83. The van der Waals surface area contributed by atoms with E-state index >= 15 is 0 Å². The molecule has 1 aromatic heterocycles. The molecular formula is C21H30N4O2. The van der Waals surface area contributed by atoms with Crippen molar-refractivity contribution in [2.45, 2.75) is 46.1 Å². The lowest BCUT2D eigenvalue weighted by Crippen LogP contribution is -2.32. The van der Waals surface area contributed by atoms with E-state index in [1.54, 1.807) is 6.07 Å². The van der Waals surface area contributed by atoms with Crippen molar-refractivity contribution in [2.75, 3.05) is 25.0 Å². The SMILES string of the molecule is Cc1ccc(NC(=O)c2ccn(C3CCCNC3)n2)cc1OCCC(C)C. The first-order valence-electron chi connectivity index (χ1n) is 9.83. The standard InChI is InChI=1S/C21H30N4O2/c1-15(2)9-12-27-20-13-17(7-6-16(20)3)23-21(26)19-8-11-25(24-19)18-5-4-10-22-14-18/h6-8,11,13,15,18,22H,4-5,9-10,12,14H2,1-3H3,(H,23,26). The van der Waals surface area contributed by atoms with Crippen LogP contribution in [0.25, 0.3) is 0 Å². The highest BCUT2D eigenvalue weighted by Crippen LogP contribution is 2.24. The maximum Gasteiger partial charge on any atom is 0.276 e. The summed E-state index contributed by atoms with van der Waals surface area (Å²) in [6, 6.07) is 7.84. The van der Waals surface area contributed by atoms with Gasteiger partial charge in [-0.1, -0.05) is 19.9 Å². The number of anilines is 1. The predicted octanol–water partition coefficient (Wildman–Crippen LogP) is 3.79. The van der Waals surface area contributed by atoms with Gasteiger partial charge in [0.2, 0.25) is 0 Å². The average Bonchev–Trinajstić information content (AvgIpc) is 3.15. The monoisotopic (exact) mass is 370 g/mol. The van der Waals surface area contributed by atoms with Crippen LogP contribution in [0.5, 0.6) is 5.75 Å². The minimum absolute atomic E-state index is 0.200. The molecule has 1 aliphatic rings. The molecule has 1 saturated heterocycles. The van der Waals surface area contributed by atoms with Gasteiger partial charge in [-0.15, -0.1) is 0 Å². The van der Waals surface area contributed by atoms with E-state index in [1.165, 1.54) is 0 Å². The van der Waals surface area contributed by atoms with E-state index in [0.29, 0.717) is 24.3 Å². The molecule has 0 bridgehead atoms. The Morgan fingerprint density at radius 2 is 2.26 bits per heavy atom. The molecule has 0 radical (unpaired) electrons. The van der Waals surface area contributed by atoms with Crippen LogP contribution in [0.3, 0.4) is 0 Å². The summed E-state index contributed by atoms with van der Waals surface area (Å²) in [5.41, 5.74) is 2.22. The number of hydrogen-bond donors (Lipinski definition) is 2. The van der Waals surface area contributed by atoms with Gasteiger partial charge in [0.15, 0.2) is 5.69 Å². The minimum atomic E-state index is -0.200. The number of carbonyl (C=O) groups excluding carboxylic acids is 1. The number of nitrogens with zero attached hydrogens (tertiary/aromatic N) is 2. The number of carbonyl (C=O) groups is 1. The highest BCUT2D eigenvalue weighted by atomic mass is 16.5. The second-order valence-electron chi connectivity index (χ2n) is 7.65. The number of piperidine rings is 1. The average molecular weight is 370 g/mol. The van der Waals surface area contributed by atoms with Crippen molar-refractivity contribution >= 4 is 11.6 Å². The van der Waals surface area contributed by atoms with Gasteiger partial charge in [0, 0.05) is 24.5 Å². The van der Waals surface area contributed by atoms with Crippen LogP contribution in [0.1, 0.15) is 55.2 Å². The maximum absolute atomic E-state index is 12.6. The van der Waals surface area contributed by atoms with E-state index in [1.807, 2.05) is 36.0 Å². The lowest BCUT2D eigenvalue weighted by Gasteiger charge is -2.22. The van der Waals surface area contributed by atoms with Gasteiger partial charge in [0.1, 0.15) is 5.75 Å². The molecule has 2 aromatic rings. The third-order valence-electron chi connectivity index (χ3n) is 4.88. The number of benzene rings is 1. The normalized spacial score (nSPS) is 17.1.